The lowest BCUT2D eigenvalue weighted by Crippen LogP contribution is -1.97. The third-order valence-corrected chi connectivity index (χ3v) is 2.73. The SMILES string of the molecule is CC/C=C(\CC)C(C)c1ccccc1. The molecule has 0 aliphatic rings. The molecule has 0 amide bonds. The molecule has 76 valence electrons. The highest BCUT2D eigenvalue weighted by Crippen LogP contribution is 2.25. The van der Waals surface area contributed by atoms with Gasteiger partial charge in [-0.25, -0.2) is 0 Å². The molecule has 0 spiro atoms. The first-order valence-electron chi connectivity index (χ1n) is 5.53. The Morgan fingerprint density at radius 1 is 1.21 bits per heavy atom. The fourth-order valence-electron chi connectivity index (χ4n) is 1.85. The van der Waals surface area contributed by atoms with Crippen molar-refractivity contribution in [3.63, 3.8) is 0 Å². The second-order valence-electron chi connectivity index (χ2n) is 3.67. The maximum absolute atomic E-state index is 2.36. The van der Waals surface area contributed by atoms with Crippen LogP contribution in [0.4, 0.5) is 0 Å². The molecule has 1 aromatic rings. The zero-order valence-corrected chi connectivity index (χ0v) is 9.46. The Balaban J connectivity index is 2.83. The molecule has 0 nitrogen and oxygen atoms in total. The minimum Gasteiger partial charge on any atom is -0.0850 e. The van der Waals surface area contributed by atoms with E-state index in [-0.39, 0.29) is 0 Å². The highest BCUT2D eigenvalue weighted by molar-refractivity contribution is 5.27. The van der Waals surface area contributed by atoms with Crippen molar-refractivity contribution in [2.45, 2.75) is 39.5 Å². The molecule has 14 heavy (non-hydrogen) atoms. The zero-order chi connectivity index (χ0) is 10.4. The maximum Gasteiger partial charge on any atom is 0.00196 e. The van der Waals surface area contributed by atoms with Gasteiger partial charge in [0.1, 0.15) is 0 Å². The van der Waals surface area contributed by atoms with Gasteiger partial charge < -0.3 is 0 Å². The van der Waals surface area contributed by atoms with Gasteiger partial charge in [-0.15, -0.1) is 0 Å². The van der Waals surface area contributed by atoms with Crippen LogP contribution < -0.4 is 0 Å². The number of allylic oxidation sites excluding steroid dienone is 2. The van der Waals surface area contributed by atoms with E-state index in [1.807, 2.05) is 0 Å². The lowest BCUT2D eigenvalue weighted by atomic mass is 9.91. The van der Waals surface area contributed by atoms with E-state index in [9.17, 15) is 0 Å². The Morgan fingerprint density at radius 2 is 1.86 bits per heavy atom. The highest BCUT2D eigenvalue weighted by Gasteiger charge is 2.07. The summed E-state index contributed by atoms with van der Waals surface area (Å²) < 4.78 is 0. The first kappa shape index (κ1) is 11.0. The summed E-state index contributed by atoms with van der Waals surface area (Å²) in [5.74, 6) is 0.571. The summed E-state index contributed by atoms with van der Waals surface area (Å²) >= 11 is 0. The Kier molecular flexibility index (Phi) is 4.45. The van der Waals surface area contributed by atoms with Crippen LogP contribution in [0, 0.1) is 0 Å². The fourth-order valence-corrected chi connectivity index (χ4v) is 1.85. The van der Waals surface area contributed by atoms with Crippen molar-refractivity contribution in [2.24, 2.45) is 0 Å². The minimum atomic E-state index is 0.571. The Labute approximate surface area is 87.7 Å². The first-order valence-corrected chi connectivity index (χ1v) is 5.53. The quantitative estimate of drug-likeness (QED) is 0.609. The van der Waals surface area contributed by atoms with Crippen LogP contribution in [0.1, 0.15) is 45.1 Å². The van der Waals surface area contributed by atoms with E-state index in [1.165, 1.54) is 5.56 Å². The van der Waals surface area contributed by atoms with Crippen molar-refractivity contribution < 1.29 is 0 Å². The van der Waals surface area contributed by atoms with Crippen molar-refractivity contribution >= 4 is 0 Å². The van der Waals surface area contributed by atoms with E-state index in [0.717, 1.165) is 12.8 Å². The van der Waals surface area contributed by atoms with Gasteiger partial charge in [0.2, 0.25) is 0 Å². The van der Waals surface area contributed by atoms with Gasteiger partial charge in [-0.2, -0.15) is 0 Å². The molecule has 0 radical (unpaired) electrons. The molecule has 0 N–H and O–H groups in total. The summed E-state index contributed by atoms with van der Waals surface area (Å²) in [4.78, 5) is 0. The van der Waals surface area contributed by atoms with E-state index in [0.29, 0.717) is 5.92 Å². The topological polar surface area (TPSA) is 0 Å². The van der Waals surface area contributed by atoms with Gasteiger partial charge >= 0.3 is 0 Å². The summed E-state index contributed by atoms with van der Waals surface area (Å²) in [6.07, 6.45) is 4.65. The largest absolute Gasteiger partial charge is 0.0850 e. The lowest BCUT2D eigenvalue weighted by Gasteiger charge is -2.15. The molecule has 0 saturated carbocycles. The average molecular weight is 188 g/mol. The molecule has 1 aromatic carbocycles. The van der Waals surface area contributed by atoms with Gasteiger partial charge in [-0.3, -0.25) is 0 Å². The summed E-state index contributed by atoms with van der Waals surface area (Å²) in [6, 6.07) is 10.7. The van der Waals surface area contributed by atoms with Crippen molar-refractivity contribution in [1.82, 2.24) is 0 Å². The van der Waals surface area contributed by atoms with E-state index in [1.54, 1.807) is 5.57 Å². The predicted molar refractivity (Wildman–Crippen MR) is 63.5 cm³/mol. The monoisotopic (exact) mass is 188 g/mol. The molecule has 0 fully saturated rings. The van der Waals surface area contributed by atoms with Crippen LogP contribution in [0.5, 0.6) is 0 Å². The van der Waals surface area contributed by atoms with E-state index in [4.69, 9.17) is 0 Å². The van der Waals surface area contributed by atoms with Crippen LogP contribution in [0.25, 0.3) is 0 Å². The van der Waals surface area contributed by atoms with Crippen molar-refractivity contribution in [3.8, 4) is 0 Å². The second-order valence-corrected chi connectivity index (χ2v) is 3.67. The highest BCUT2D eigenvalue weighted by atomic mass is 14.1. The molecule has 0 aliphatic carbocycles. The molecule has 0 heteroatoms. The standard InChI is InChI=1S/C14H20/c1-4-9-13(5-2)12(3)14-10-7-6-8-11-14/h6-12H,4-5H2,1-3H3/b13-9+. The number of rotatable bonds is 4. The second kappa shape index (κ2) is 5.64. The molecule has 0 aliphatic heterocycles. The molecular formula is C14H20. The van der Waals surface area contributed by atoms with Crippen LogP contribution >= 0.6 is 0 Å². The summed E-state index contributed by atoms with van der Waals surface area (Å²) in [5.41, 5.74) is 2.98. The Hall–Kier alpha value is -1.04. The van der Waals surface area contributed by atoms with Crippen LogP contribution in [-0.4, -0.2) is 0 Å². The van der Waals surface area contributed by atoms with Crippen molar-refractivity contribution in [1.29, 1.82) is 0 Å². The van der Waals surface area contributed by atoms with Gasteiger partial charge in [0.15, 0.2) is 0 Å². The molecule has 1 unspecified atom stereocenters. The summed E-state index contributed by atoms with van der Waals surface area (Å²) in [6.45, 7) is 6.73. The van der Waals surface area contributed by atoms with Gasteiger partial charge in [0, 0.05) is 5.92 Å². The van der Waals surface area contributed by atoms with Crippen LogP contribution in [-0.2, 0) is 0 Å². The van der Waals surface area contributed by atoms with Crippen LogP contribution in [0.2, 0.25) is 0 Å². The van der Waals surface area contributed by atoms with Crippen molar-refractivity contribution in [3.05, 3.63) is 47.5 Å². The molecule has 1 rings (SSSR count). The van der Waals surface area contributed by atoms with Crippen molar-refractivity contribution in [2.75, 3.05) is 0 Å². The number of benzene rings is 1. The van der Waals surface area contributed by atoms with Crippen LogP contribution in [0.15, 0.2) is 42.0 Å². The summed E-state index contributed by atoms with van der Waals surface area (Å²) in [5, 5.41) is 0. The molecule has 0 aromatic heterocycles. The van der Waals surface area contributed by atoms with Gasteiger partial charge in [0.05, 0.1) is 0 Å². The van der Waals surface area contributed by atoms with Crippen LogP contribution in [0.3, 0.4) is 0 Å². The zero-order valence-electron chi connectivity index (χ0n) is 9.46. The molecule has 0 saturated heterocycles. The Morgan fingerprint density at radius 3 is 2.36 bits per heavy atom. The molecule has 0 heterocycles. The molecular weight excluding hydrogens is 168 g/mol. The fraction of sp³-hybridized carbons (Fsp3) is 0.429. The maximum atomic E-state index is 2.36. The lowest BCUT2D eigenvalue weighted by molar-refractivity contribution is 0.827. The number of hydrogen-bond donors (Lipinski definition) is 0. The predicted octanol–water partition coefficient (Wildman–Crippen LogP) is 4.54. The summed E-state index contributed by atoms with van der Waals surface area (Å²) in [7, 11) is 0. The van der Waals surface area contributed by atoms with E-state index >= 15 is 0 Å². The van der Waals surface area contributed by atoms with Gasteiger partial charge in [-0.05, 0) is 18.4 Å². The van der Waals surface area contributed by atoms with Gasteiger partial charge in [-0.1, -0.05) is 62.8 Å². The average Bonchev–Trinajstić information content (AvgIpc) is 2.26. The van der Waals surface area contributed by atoms with E-state index in [2.05, 4.69) is 57.2 Å². The first-order chi connectivity index (χ1) is 6.79. The minimum absolute atomic E-state index is 0.571. The number of hydrogen-bond acceptors (Lipinski definition) is 0. The normalized spacial score (nSPS) is 14.1. The third kappa shape index (κ3) is 2.73. The van der Waals surface area contributed by atoms with E-state index < -0.39 is 0 Å². The third-order valence-electron chi connectivity index (χ3n) is 2.73. The van der Waals surface area contributed by atoms with Gasteiger partial charge in [0.25, 0.3) is 0 Å². The smallest absolute Gasteiger partial charge is 0.00196 e. The molecule has 1 atom stereocenters. The Bertz CT molecular complexity index is 282. The molecule has 0 bridgehead atoms.